The Kier molecular flexibility index (Phi) is 6.39. The summed E-state index contributed by atoms with van der Waals surface area (Å²) in [4.78, 5) is 10.3. The average molecular weight is 433 g/mol. The SMILES string of the molecule is CC1CCC(CNc2ncnc(N(Cc3ccc(C(C)(F)F)cc3)C3CC3)c2F)CC1. The highest BCUT2D eigenvalue weighted by molar-refractivity contribution is 5.52. The van der Waals surface area contributed by atoms with Crippen LogP contribution in [-0.4, -0.2) is 22.6 Å². The first-order chi connectivity index (χ1) is 14.8. The Hall–Kier alpha value is -2.31. The summed E-state index contributed by atoms with van der Waals surface area (Å²) in [6, 6.07) is 6.46. The molecule has 1 heterocycles. The van der Waals surface area contributed by atoms with E-state index in [1.165, 1.54) is 31.3 Å². The standard InChI is InChI=1S/C24H31F3N4/c1-16-3-5-17(6-4-16)13-28-22-21(25)23(30-15-29-22)31(20-11-12-20)14-18-7-9-19(10-8-18)24(2,26)27/h7-10,15-17,20H,3-6,11-14H2,1-2H3,(H,28,29,30). The molecule has 0 radical (unpaired) electrons. The second-order valence-electron chi connectivity index (χ2n) is 9.31. The second kappa shape index (κ2) is 9.05. The van der Waals surface area contributed by atoms with E-state index in [-0.39, 0.29) is 23.2 Å². The predicted octanol–water partition coefficient (Wildman–Crippen LogP) is 6.13. The number of alkyl halides is 2. The van der Waals surface area contributed by atoms with E-state index in [1.54, 1.807) is 12.1 Å². The summed E-state index contributed by atoms with van der Waals surface area (Å²) < 4.78 is 42.3. The number of halogens is 3. The normalized spacial score (nSPS) is 21.7. The molecular weight excluding hydrogens is 401 g/mol. The third-order valence-electron chi connectivity index (χ3n) is 6.54. The van der Waals surface area contributed by atoms with Crippen molar-refractivity contribution in [3.63, 3.8) is 0 Å². The average Bonchev–Trinajstić information content (AvgIpc) is 3.58. The highest BCUT2D eigenvalue weighted by atomic mass is 19.3. The van der Waals surface area contributed by atoms with Gasteiger partial charge in [0.15, 0.2) is 11.6 Å². The van der Waals surface area contributed by atoms with Crippen molar-refractivity contribution in [1.82, 2.24) is 9.97 Å². The molecule has 2 fully saturated rings. The van der Waals surface area contributed by atoms with Crippen molar-refractivity contribution in [2.24, 2.45) is 11.8 Å². The number of aromatic nitrogens is 2. The van der Waals surface area contributed by atoms with Crippen LogP contribution in [0.3, 0.4) is 0 Å². The molecule has 7 heteroatoms. The lowest BCUT2D eigenvalue weighted by atomic mass is 9.83. The molecule has 168 valence electrons. The van der Waals surface area contributed by atoms with Gasteiger partial charge in [0.25, 0.3) is 5.92 Å². The number of nitrogens with one attached hydrogen (secondary N) is 1. The molecule has 1 N–H and O–H groups in total. The molecule has 0 atom stereocenters. The van der Waals surface area contributed by atoms with Crippen molar-refractivity contribution in [3.05, 3.63) is 47.5 Å². The Labute approximate surface area is 182 Å². The molecule has 0 unspecified atom stereocenters. The van der Waals surface area contributed by atoms with Crippen LogP contribution in [0.4, 0.5) is 24.8 Å². The van der Waals surface area contributed by atoms with Crippen LogP contribution in [0.5, 0.6) is 0 Å². The molecule has 1 aromatic heterocycles. The summed E-state index contributed by atoms with van der Waals surface area (Å²) in [6.07, 6.45) is 8.11. The maximum absolute atomic E-state index is 15.3. The Morgan fingerprint density at radius 3 is 2.32 bits per heavy atom. The quantitative estimate of drug-likeness (QED) is 0.544. The third kappa shape index (κ3) is 5.49. The van der Waals surface area contributed by atoms with Gasteiger partial charge in [-0.05, 0) is 43.1 Å². The number of rotatable bonds is 8. The van der Waals surface area contributed by atoms with Crippen LogP contribution < -0.4 is 10.2 Å². The molecular formula is C24H31F3N4. The van der Waals surface area contributed by atoms with Crippen molar-refractivity contribution in [3.8, 4) is 0 Å². The minimum Gasteiger partial charge on any atom is -0.367 e. The van der Waals surface area contributed by atoms with E-state index in [9.17, 15) is 8.78 Å². The first-order valence-electron chi connectivity index (χ1n) is 11.3. The van der Waals surface area contributed by atoms with Gasteiger partial charge in [0, 0.05) is 31.6 Å². The first kappa shape index (κ1) is 21.9. The smallest absolute Gasteiger partial charge is 0.270 e. The molecule has 2 saturated carbocycles. The summed E-state index contributed by atoms with van der Waals surface area (Å²) in [5, 5.41) is 3.20. The van der Waals surface area contributed by atoms with Crippen molar-refractivity contribution >= 4 is 11.6 Å². The van der Waals surface area contributed by atoms with E-state index in [2.05, 4.69) is 22.2 Å². The zero-order valence-electron chi connectivity index (χ0n) is 18.3. The van der Waals surface area contributed by atoms with Gasteiger partial charge in [-0.3, -0.25) is 0 Å². The Morgan fingerprint density at radius 1 is 1.03 bits per heavy atom. The van der Waals surface area contributed by atoms with E-state index < -0.39 is 11.7 Å². The van der Waals surface area contributed by atoms with Crippen LogP contribution in [-0.2, 0) is 12.5 Å². The fraction of sp³-hybridized carbons (Fsp3) is 0.583. The van der Waals surface area contributed by atoms with Crippen LogP contribution in [0.25, 0.3) is 0 Å². The Morgan fingerprint density at radius 2 is 1.71 bits per heavy atom. The highest BCUT2D eigenvalue weighted by Gasteiger charge is 2.33. The lowest BCUT2D eigenvalue weighted by molar-refractivity contribution is 0.0174. The van der Waals surface area contributed by atoms with Gasteiger partial charge in [-0.2, -0.15) is 4.39 Å². The minimum atomic E-state index is -2.87. The van der Waals surface area contributed by atoms with Gasteiger partial charge < -0.3 is 10.2 Å². The number of benzene rings is 1. The molecule has 0 bridgehead atoms. The lowest BCUT2D eigenvalue weighted by Crippen LogP contribution is -2.28. The predicted molar refractivity (Wildman–Crippen MR) is 117 cm³/mol. The molecule has 2 aliphatic rings. The Balaban J connectivity index is 1.46. The molecule has 4 nitrogen and oxygen atoms in total. The summed E-state index contributed by atoms with van der Waals surface area (Å²) in [6.45, 7) is 4.31. The van der Waals surface area contributed by atoms with Gasteiger partial charge in [-0.15, -0.1) is 0 Å². The summed E-state index contributed by atoms with van der Waals surface area (Å²) in [5.41, 5.74) is 0.828. The maximum atomic E-state index is 15.3. The van der Waals surface area contributed by atoms with Gasteiger partial charge in [0.2, 0.25) is 5.82 Å². The summed E-state index contributed by atoms with van der Waals surface area (Å²) in [5.74, 6) is -1.45. The molecule has 2 aromatic rings. The lowest BCUT2D eigenvalue weighted by Gasteiger charge is -2.27. The van der Waals surface area contributed by atoms with Crippen molar-refractivity contribution in [2.45, 2.75) is 70.9 Å². The van der Waals surface area contributed by atoms with E-state index in [0.717, 1.165) is 50.6 Å². The number of hydrogen-bond acceptors (Lipinski definition) is 4. The fourth-order valence-corrected chi connectivity index (χ4v) is 4.32. The molecule has 4 rings (SSSR count). The molecule has 31 heavy (non-hydrogen) atoms. The highest BCUT2D eigenvalue weighted by Crippen LogP contribution is 2.35. The van der Waals surface area contributed by atoms with E-state index in [4.69, 9.17) is 0 Å². The molecule has 2 aliphatic carbocycles. The van der Waals surface area contributed by atoms with E-state index in [0.29, 0.717) is 12.5 Å². The van der Waals surface area contributed by atoms with Crippen LogP contribution in [0.1, 0.15) is 63.5 Å². The third-order valence-corrected chi connectivity index (χ3v) is 6.54. The van der Waals surface area contributed by atoms with Crippen molar-refractivity contribution < 1.29 is 13.2 Å². The van der Waals surface area contributed by atoms with Crippen LogP contribution in [0, 0.1) is 17.7 Å². The summed E-state index contributed by atoms with van der Waals surface area (Å²) in [7, 11) is 0. The van der Waals surface area contributed by atoms with E-state index >= 15 is 4.39 Å². The molecule has 1 aromatic carbocycles. The topological polar surface area (TPSA) is 41.1 Å². The largest absolute Gasteiger partial charge is 0.367 e. The van der Waals surface area contributed by atoms with Crippen LogP contribution in [0.15, 0.2) is 30.6 Å². The first-order valence-corrected chi connectivity index (χ1v) is 11.3. The summed E-state index contributed by atoms with van der Waals surface area (Å²) >= 11 is 0. The van der Waals surface area contributed by atoms with Gasteiger partial charge >= 0.3 is 0 Å². The van der Waals surface area contributed by atoms with Crippen LogP contribution >= 0.6 is 0 Å². The zero-order chi connectivity index (χ0) is 22.0. The van der Waals surface area contributed by atoms with Gasteiger partial charge in [0.1, 0.15) is 6.33 Å². The molecule has 0 amide bonds. The van der Waals surface area contributed by atoms with E-state index in [1.807, 2.05) is 4.90 Å². The second-order valence-corrected chi connectivity index (χ2v) is 9.31. The van der Waals surface area contributed by atoms with Gasteiger partial charge in [0.05, 0.1) is 0 Å². The minimum absolute atomic E-state index is 0.0222. The van der Waals surface area contributed by atoms with Gasteiger partial charge in [-0.25, -0.2) is 18.7 Å². The van der Waals surface area contributed by atoms with Gasteiger partial charge in [-0.1, -0.05) is 44.0 Å². The number of nitrogens with zero attached hydrogens (tertiary/aromatic N) is 3. The number of anilines is 2. The van der Waals surface area contributed by atoms with Crippen molar-refractivity contribution in [2.75, 3.05) is 16.8 Å². The van der Waals surface area contributed by atoms with Crippen molar-refractivity contribution in [1.29, 1.82) is 0 Å². The number of hydrogen-bond donors (Lipinski definition) is 1. The monoisotopic (exact) mass is 432 g/mol. The molecule has 0 aliphatic heterocycles. The van der Waals surface area contributed by atoms with Crippen LogP contribution in [0.2, 0.25) is 0 Å². The molecule has 0 saturated heterocycles. The Bertz CT molecular complexity index is 869. The molecule has 0 spiro atoms. The zero-order valence-corrected chi connectivity index (χ0v) is 18.3. The fourth-order valence-electron chi connectivity index (χ4n) is 4.32. The maximum Gasteiger partial charge on any atom is 0.270 e.